The van der Waals surface area contributed by atoms with Crippen LogP contribution in [0.25, 0.3) is 0 Å². The lowest BCUT2D eigenvalue weighted by atomic mass is 9.89. The maximum atomic E-state index is 12.0. The predicted octanol–water partition coefficient (Wildman–Crippen LogP) is 2.25. The number of hydrogen-bond donors (Lipinski definition) is 3. The SMILES string of the molecule is CC(C)(CO)CCCNC(=O)Nc1ccnn1Cc1ccccn1. The fraction of sp³-hybridized carbons (Fsp3) is 0.471. The van der Waals surface area contributed by atoms with Gasteiger partial charge in [0.15, 0.2) is 0 Å². The first-order valence-corrected chi connectivity index (χ1v) is 8.08. The molecule has 0 aliphatic carbocycles. The van der Waals surface area contributed by atoms with Gasteiger partial charge in [-0.1, -0.05) is 19.9 Å². The van der Waals surface area contributed by atoms with E-state index >= 15 is 0 Å². The summed E-state index contributed by atoms with van der Waals surface area (Å²) in [6.45, 7) is 5.20. The van der Waals surface area contributed by atoms with Gasteiger partial charge in [0.05, 0.1) is 18.4 Å². The van der Waals surface area contributed by atoms with Gasteiger partial charge in [-0.15, -0.1) is 0 Å². The highest BCUT2D eigenvalue weighted by molar-refractivity contribution is 5.88. The number of nitrogens with zero attached hydrogens (tertiary/aromatic N) is 3. The van der Waals surface area contributed by atoms with Crippen LogP contribution in [0, 0.1) is 5.41 Å². The van der Waals surface area contributed by atoms with E-state index in [1.54, 1.807) is 23.1 Å². The van der Waals surface area contributed by atoms with Gasteiger partial charge < -0.3 is 10.4 Å². The molecule has 2 rings (SSSR count). The summed E-state index contributed by atoms with van der Waals surface area (Å²) in [7, 11) is 0. The second kappa shape index (κ2) is 8.44. The minimum atomic E-state index is -0.264. The molecule has 0 bridgehead atoms. The monoisotopic (exact) mass is 331 g/mol. The van der Waals surface area contributed by atoms with Gasteiger partial charge in [0, 0.05) is 25.4 Å². The van der Waals surface area contributed by atoms with Crippen LogP contribution in [-0.4, -0.2) is 39.1 Å². The van der Waals surface area contributed by atoms with E-state index in [-0.39, 0.29) is 18.1 Å². The van der Waals surface area contributed by atoms with Gasteiger partial charge in [-0.2, -0.15) is 5.10 Å². The number of aliphatic hydroxyl groups is 1. The Hall–Kier alpha value is -2.41. The minimum absolute atomic E-state index is 0.112. The summed E-state index contributed by atoms with van der Waals surface area (Å²) in [5.74, 6) is 0.619. The second-order valence-corrected chi connectivity index (χ2v) is 6.50. The molecule has 0 saturated heterocycles. The first kappa shape index (κ1) is 17.9. The van der Waals surface area contributed by atoms with Crippen LogP contribution in [0.1, 0.15) is 32.4 Å². The molecule has 0 unspecified atom stereocenters. The third kappa shape index (κ3) is 5.66. The van der Waals surface area contributed by atoms with Crippen molar-refractivity contribution in [1.82, 2.24) is 20.1 Å². The molecule has 0 aromatic carbocycles. The molecule has 0 radical (unpaired) electrons. The van der Waals surface area contributed by atoms with Gasteiger partial charge in [0.1, 0.15) is 5.82 Å². The highest BCUT2D eigenvalue weighted by Gasteiger charge is 2.15. The Morgan fingerprint density at radius 1 is 1.29 bits per heavy atom. The number of anilines is 1. The van der Waals surface area contributed by atoms with Gasteiger partial charge >= 0.3 is 6.03 Å². The van der Waals surface area contributed by atoms with Crippen LogP contribution in [0.5, 0.6) is 0 Å². The van der Waals surface area contributed by atoms with Crippen LogP contribution in [0.4, 0.5) is 10.6 Å². The lowest BCUT2D eigenvalue weighted by molar-refractivity contribution is 0.148. The normalized spacial score (nSPS) is 11.3. The Bertz CT molecular complexity index is 639. The van der Waals surface area contributed by atoms with E-state index in [1.807, 2.05) is 32.0 Å². The maximum absolute atomic E-state index is 12.0. The molecular formula is C17H25N5O2. The number of carbonyl (C=O) groups excluding carboxylic acids is 1. The molecule has 2 heterocycles. The molecule has 2 amide bonds. The summed E-state index contributed by atoms with van der Waals surface area (Å²) >= 11 is 0. The van der Waals surface area contributed by atoms with Crippen molar-refractivity contribution in [2.75, 3.05) is 18.5 Å². The van der Waals surface area contributed by atoms with Crippen molar-refractivity contribution < 1.29 is 9.90 Å². The van der Waals surface area contributed by atoms with Gasteiger partial charge in [-0.3, -0.25) is 10.3 Å². The molecule has 2 aromatic heterocycles. The third-order valence-corrected chi connectivity index (χ3v) is 3.74. The molecule has 24 heavy (non-hydrogen) atoms. The fourth-order valence-electron chi connectivity index (χ4n) is 2.22. The highest BCUT2D eigenvalue weighted by atomic mass is 16.3. The van der Waals surface area contributed by atoms with Gasteiger partial charge in [0.25, 0.3) is 0 Å². The van der Waals surface area contributed by atoms with Crippen molar-refractivity contribution >= 4 is 11.8 Å². The van der Waals surface area contributed by atoms with Crippen molar-refractivity contribution in [2.45, 2.75) is 33.2 Å². The summed E-state index contributed by atoms with van der Waals surface area (Å²) in [5, 5.41) is 19.0. The number of urea groups is 1. The van der Waals surface area contributed by atoms with Crippen LogP contribution < -0.4 is 10.6 Å². The number of hydrogen-bond acceptors (Lipinski definition) is 4. The van der Waals surface area contributed by atoms with E-state index < -0.39 is 0 Å². The Balaban J connectivity index is 1.79. The lowest BCUT2D eigenvalue weighted by Gasteiger charge is -2.21. The molecule has 0 atom stereocenters. The number of aliphatic hydroxyl groups excluding tert-OH is 1. The van der Waals surface area contributed by atoms with E-state index in [2.05, 4.69) is 20.7 Å². The lowest BCUT2D eigenvalue weighted by Crippen LogP contribution is -2.31. The van der Waals surface area contributed by atoms with Crippen molar-refractivity contribution in [2.24, 2.45) is 5.41 Å². The summed E-state index contributed by atoms with van der Waals surface area (Å²) in [6, 6.07) is 7.17. The van der Waals surface area contributed by atoms with Crippen molar-refractivity contribution in [1.29, 1.82) is 0 Å². The summed E-state index contributed by atoms with van der Waals surface area (Å²) in [4.78, 5) is 16.2. The summed E-state index contributed by atoms with van der Waals surface area (Å²) in [5.41, 5.74) is 0.760. The van der Waals surface area contributed by atoms with E-state index in [0.717, 1.165) is 18.5 Å². The number of aromatic nitrogens is 3. The predicted molar refractivity (Wildman–Crippen MR) is 92.7 cm³/mol. The number of rotatable bonds is 8. The Morgan fingerprint density at radius 3 is 2.83 bits per heavy atom. The Labute approximate surface area is 142 Å². The molecule has 3 N–H and O–H groups in total. The molecule has 0 spiro atoms. The van der Waals surface area contributed by atoms with Crippen molar-refractivity contribution in [3.63, 3.8) is 0 Å². The standard InChI is InChI=1S/C17H25N5O2/c1-17(2,13-23)8-5-10-19-16(24)21-15-7-11-20-22(15)12-14-6-3-4-9-18-14/h3-4,6-7,9,11,23H,5,8,10,12-13H2,1-2H3,(H2,19,21,24). The average molecular weight is 331 g/mol. The number of nitrogens with one attached hydrogen (secondary N) is 2. The largest absolute Gasteiger partial charge is 0.396 e. The zero-order valence-electron chi connectivity index (χ0n) is 14.2. The van der Waals surface area contributed by atoms with E-state index in [4.69, 9.17) is 0 Å². The zero-order valence-corrected chi connectivity index (χ0v) is 14.2. The highest BCUT2D eigenvalue weighted by Crippen LogP contribution is 2.20. The quantitative estimate of drug-likeness (QED) is 0.647. The Morgan fingerprint density at radius 2 is 2.12 bits per heavy atom. The van der Waals surface area contributed by atoms with Gasteiger partial charge in [0.2, 0.25) is 0 Å². The van der Waals surface area contributed by atoms with Crippen LogP contribution in [0.15, 0.2) is 36.7 Å². The first-order chi connectivity index (χ1) is 11.5. The third-order valence-electron chi connectivity index (χ3n) is 3.74. The van der Waals surface area contributed by atoms with Gasteiger partial charge in [-0.25, -0.2) is 9.48 Å². The molecule has 7 nitrogen and oxygen atoms in total. The minimum Gasteiger partial charge on any atom is -0.396 e. The van der Waals surface area contributed by atoms with Crippen molar-refractivity contribution in [3.05, 3.63) is 42.4 Å². The molecule has 0 aliphatic heterocycles. The van der Waals surface area contributed by atoms with Crippen LogP contribution in [-0.2, 0) is 6.54 Å². The zero-order chi connectivity index (χ0) is 17.4. The van der Waals surface area contributed by atoms with E-state index in [0.29, 0.717) is 18.9 Å². The maximum Gasteiger partial charge on any atom is 0.320 e. The number of pyridine rings is 1. The average Bonchev–Trinajstić information content (AvgIpc) is 2.99. The van der Waals surface area contributed by atoms with Crippen molar-refractivity contribution in [3.8, 4) is 0 Å². The smallest absolute Gasteiger partial charge is 0.320 e. The van der Waals surface area contributed by atoms with Crippen LogP contribution >= 0.6 is 0 Å². The summed E-state index contributed by atoms with van der Waals surface area (Å²) in [6.07, 6.45) is 5.03. The molecule has 130 valence electrons. The molecule has 2 aromatic rings. The van der Waals surface area contributed by atoms with Crippen LogP contribution in [0.2, 0.25) is 0 Å². The van der Waals surface area contributed by atoms with E-state index in [9.17, 15) is 9.90 Å². The van der Waals surface area contributed by atoms with Crippen LogP contribution in [0.3, 0.4) is 0 Å². The fourth-order valence-corrected chi connectivity index (χ4v) is 2.22. The Kier molecular flexibility index (Phi) is 6.31. The first-order valence-electron chi connectivity index (χ1n) is 8.08. The second-order valence-electron chi connectivity index (χ2n) is 6.50. The number of carbonyl (C=O) groups is 1. The molecular weight excluding hydrogens is 306 g/mol. The van der Waals surface area contributed by atoms with Gasteiger partial charge in [-0.05, 0) is 30.4 Å². The topological polar surface area (TPSA) is 92.1 Å². The number of amides is 2. The van der Waals surface area contributed by atoms with E-state index in [1.165, 1.54) is 0 Å². The molecule has 7 heteroatoms. The summed E-state index contributed by atoms with van der Waals surface area (Å²) < 4.78 is 1.69. The molecule has 0 saturated carbocycles. The molecule has 0 fully saturated rings. The molecule has 0 aliphatic rings.